The second-order valence-corrected chi connectivity index (χ2v) is 4.55. The Balaban J connectivity index is 0. The maximum atomic E-state index is 7.98. The Kier molecular flexibility index (Phi) is 19.7. The first-order chi connectivity index (χ1) is 13.7. The Morgan fingerprint density at radius 2 is 0.828 bits per heavy atom. The minimum Gasteiger partial charge on any atom is -0.399 e. The van der Waals surface area contributed by atoms with Crippen molar-refractivity contribution in [1.82, 2.24) is 0 Å². The molecule has 0 amide bonds. The Labute approximate surface area is 190 Å². The molecule has 0 aliphatic rings. The van der Waals surface area contributed by atoms with Crippen molar-refractivity contribution in [2.75, 3.05) is 5.73 Å². The number of benzene rings is 3. The van der Waals surface area contributed by atoms with Crippen molar-refractivity contribution in [1.29, 1.82) is 0 Å². The number of rotatable bonds is 2. The van der Waals surface area contributed by atoms with Gasteiger partial charge >= 0.3 is 29.6 Å². The van der Waals surface area contributed by atoms with Crippen LogP contribution in [0.15, 0.2) is 101 Å². The van der Waals surface area contributed by atoms with Crippen LogP contribution in [0.1, 0.15) is 0 Å². The number of hydrogen-bond donors (Lipinski definition) is 1. The summed E-state index contributed by atoms with van der Waals surface area (Å²) in [6.45, 7) is 0. The summed E-state index contributed by atoms with van der Waals surface area (Å²) in [5, 5.41) is 6.77. The van der Waals surface area contributed by atoms with Crippen LogP contribution >= 0.6 is 0 Å². The van der Waals surface area contributed by atoms with Crippen LogP contribution in [0.4, 0.5) is 17.1 Å². The molecule has 0 saturated carbocycles. The summed E-state index contributed by atoms with van der Waals surface area (Å²) < 4.78 is 0. The molecule has 0 aliphatic carbocycles. The van der Waals surface area contributed by atoms with E-state index in [4.69, 9.17) is 27.9 Å². The fraction of sp³-hybridized carbons (Fsp3) is 0. The van der Waals surface area contributed by atoms with Gasteiger partial charge in [0.2, 0.25) is 0 Å². The van der Waals surface area contributed by atoms with Gasteiger partial charge in [-0.15, -0.1) is 0 Å². The third-order valence-corrected chi connectivity index (χ3v) is 2.63. The van der Waals surface area contributed by atoms with E-state index in [2.05, 4.69) is 20.1 Å². The second-order valence-electron chi connectivity index (χ2n) is 4.55. The van der Waals surface area contributed by atoms with Crippen LogP contribution in [0.25, 0.3) is 36.9 Å². The SMILES string of the molecule is Nc1ccccc1.[N-]=[N+]=Nc1ccccc1.[N-]=[N+]=Nc1ccccc1.[N-]=[N+]=[N-].[Na+]. The molecule has 0 radical (unpaired) electrons. The van der Waals surface area contributed by atoms with Crippen molar-refractivity contribution in [2.45, 2.75) is 0 Å². The average molecular weight is 396 g/mol. The third kappa shape index (κ3) is 17.6. The van der Waals surface area contributed by atoms with Crippen LogP contribution in [0.5, 0.6) is 0 Å². The van der Waals surface area contributed by atoms with E-state index in [0.29, 0.717) is 11.4 Å². The van der Waals surface area contributed by atoms with Gasteiger partial charge in [-0.25, -0.2) is 0 Å². The van der Waals surface area contributed by atoms with Crippen LogP contribution in [0.3, 0.4) is 0 Å². The second kappa shape index (κ2) is 20.7. The number of anilines is 1. The molecular weight excluding hydrogens is 379 g/mol. The molecule has 2 N–H and O–H groups in total. The Morgan fingerprint density at radius 1 is 0.552 bits per heavy atom. The molecule has 3 aromatic rings. The van der Waals surface area contributed by atoms with Gasteiger partial charge < -0.3 is 16.8 Å². The number of para-hydroxylation sites is 1. The van der Waals surface area contributed by atoms with E-state index in [9.17, 15) is 0 Å². The van der Waals surface area contributed by atoms with Crippen molar-refractivity contribution in [2.24, 2.45) is 10.2 Å². The fourth-order valence-electron chi connectivity index (χ4n) is 1.55. The molecule has 10 nitrogen and oxygen atoms in total. The molecule has 0 aromatic heterocycles. The summed E-state index contributed by atoms with van der Waals surface area (Å²) in [5.41, 5.74) is 36.9. The molecule has 0 fully saturated rings. The summed E-state index contributed by atoms with van der Waals surface area (Å²) in [6, 6.07) is 27.5. The average Bonchev–Trinajstić information content (AvgIpc) is 2.72. The molecule has 140 valence electrons. The smallest absolute Gasteiger partial charge is 0.399 e. The van der Waals surface area contributed by atoms with Gasteiger partial charge in [0, 0.05) is 26.9 Å². The van der Waals surface area contributed by atoms with Crippen molar-refractivity contribution >= 4 is 17.1 Å². The third-order valence-electron chi connectivity index (χ3n) is 2.63. The maximum Gasteiger partial charge on any atom is 1.00 e. The van der Waals surface area contributed by atoms with Crippen molar-refractivity contribution in [3.8, 4) is 0 Å². The normalized spacial score (nSPS) is 7.31. The molecule has 0 spiro atoms. The van der Waals surface area contributed by atoms with Crippen molar-refractivity contribution in [3.63, 3.8) is 0 Å². The molecule has 0 bridgehead atoms. The van der Waals surface area contributed by atoms with Gasteiger partial charge in [0.05, 0.1) is 0 Å². The van der Waals surface area contributed by atoms with Crippen molar-refractivity contribution in [3.05, 3.63) is 128 Å². The largest absolute Gasteiger partial charge is 1.00 e. The van der Waals surface area contributed by atoms with Gasteiger partial charge in [0.1, 0.15) is 0 Å². The number of hydrogen-bond acceptors (Lipinski definition) is 3. The van der Waals surface area contributed by atoms with Crippen LogP contribution in [0, 0.1) is 0 Å². The summed E-state index contributed by atoms with van der Waals surface area (Å²) in [6.07, 6.45) is 0. The monoisotopic (exact) mass is 396 g/mol. The molecule has 0 saturated heterocycles. The zero-order chi connectivity index (χ0) is 20.9. The Morgan fingerprint density at radius 3 is 1.03 bits per heavy atom. The topological polar surface area (TPSA) is 182 Å². The van der Waals surface area contributed by atoms with E-state index in [1.807, 2.05) is 66.7 Å². The Hall–Kier alpha value is -3.61. The molecule has 3 rings (SSSR count). The number of nitrogens with zero attached hydrogens (tertiary/aromatic N) is 9. The molecule has 0 unspecified atom stereocenters. The van der Waals surface area contributed by atoms with Gasteiger partial charge in [0.25, 0.3) is 0 Å². The summed E-state index contributed by atoms with van der Waals surface area (Å²) in [7, 11) is 0. The predicted octanol–water partition coefficient (Wildman–Crippen LogP) is 4.40. The summed E-state index contributed by atoms with van der Waals surface area (Å²) >= 11 is 0. The molecular formula is C18H17N10Na. The van der Waals surface area contributed by atoms with Crippen LogP contribution in [0.2, 0.25) is 0 Å². The van der Waals surface area contributed by atoms with Gasteiger partial charge in [-0.1, -0.05) is 89.1 Å². The minimum atomic E-state index is 0. The molecule has 3 aromatic carbocycles. The molecule has 0 heterocycles. The molecule has 0 atom stereocenters. The zero-order valence-corrected chi connectivity index (χ0v) is 17.8. The van der Waals surface area contributed by atoms with Gasteiger partial charge in [0.15, 0.2) is 0 Å². The molecule has 11 heteroatoms. The first kappa shape index (κ1) is 27.6. The van der Waals surface area contributed by atoms with E-state index < -0.39 is 0 Å². The number of azide groups is 2. The zero-order valence-electron chi connectivity index (χ0n) is 15.8. The summed E-state index contributed by atoms with van der Waals surface area (Å²) in [5.74, 6) is 0. The molecule has 29 heavy (non-hydrogen) atoms. The number of nitrogen functional groups attached to an aromatic ring is 1. The minimum absolute atomic E-state index is 0. The molecule has 0 aliphatic heterocycles. The fourth-order valence-corrected chi connectivity index (χ4v) is 1.55. The van der Waals surface area contributed by atoms with Crippen LogP contribution in [-0.4, -0.2) is 0 Å². The van der Waals surface area contributed by atoms with Crippen LogP contribution in [-0.2, 0) is 0 Å². The first-order valence-electron chi connectivity index (χ1n) is 7.67. The number of nitrogens with two attached hydrogens (primary N) is 1. The van der Waals surface area contributed by atoms with Gasteiger partial charge in [-0.3, -0.25) is 4.91 Å². The standard InChI is InChI=1S/2C6H5N3.C6H7N.N3.Na/c2*7-9-8-6-4-2-1-3-5-6;7-6-4-2-1-3-5-6;1-3-2;/h2*1-5H;1-5H,7H2;;/q;;;-1;+1. The maximum absolute atomic E-state index is 7.98. The summed E-state index contributed by atoms with van der Waals surface area (Å²) in [4.78, 5) is 6.76. The van der Waals surface area contributed by atoms with E-state index in [0.717, 1.165) is 5.69 Å². The first-order valence-corrected chi connectivity index (χ1v) is 7.67. The van der Waals surface area contributed by atoms with Gasteiger partial charge in [-0.05, 0) is 23.2 Å². The van der Waals surface area contributed by atoms with E-state index in [1.54, 1.807) is 24.3 Å². The Bertz CT molecular complexity index is 848. The van der Waals surface area contributed by atoms with E-state index in [-0.39, 0.29) is 29.6 Å². The quantitative estimate of drug-likeness (QED) is 0.218. The van der Waals surface area contributed by atoms with Gasteiger partial charge in [-0.2, -0.15) is 0 Å². The van der Waals surface area contributed by atoms with E-state index in [1.165, 1.54) is 4.91 Å². The van der Waals surface area contributed by atoms with Crippen LogP contribution < -0.4 is 35.3 Å². The van der Waals surface area contributed by atoms with E-state index >= 15 is 0 Å². The predicted molar refractivity (Wildman–Crippen MR) is 111 cm³/mol. The van der Waals surface area contributed by atoms with Crippen molar-refractivity contribution < 1.29 is 29.6 Å².